The normalized spacial score (nSPS) is 15.0. The van der Waals surface area contributed by atoms with Gasteiger partial charge in [0, 0.05) is 4.88 Å². The van der Waals surface area contributed by atoms with Crippen LogP contribution in [0.3, 0.4) is 0 Å². The van der Waals surface area contributed by atoms with E-state index in [0.29, 0.717) is 0 Å². The van der Waals surface area contributed by atoms with Crippen molar-refractivity contribution in [3.63, 3.8) is 0 Å². The van der Waals surface area contributed by atoms with Crippen LogP contribution < -0.4 is 10.1 Å². The summed E-state index contributed by atoms with van der Waals surface area (Å²) in [6.07, 6.45) is 3.59. The summed E-state index contributed by atoms with van der Waals surface area (Å²) in [5, 5.41) is 4.73. The molecule has 1 heterocycles. The number of fused-ring (bicyclic) bond motifs is 1. The second-order valence-electron chi connectivity index (χ2n) is 5.16. The summed E-state index contributed by atoms with van der Waals surface area (Å²) in [4.78, 5) is 6.34. The van der Waals surface area contributed by atoms with Gasteiger partial charge in [-0.15, -0.1) is 11.3 Å². The van der Waals surface area contributed by atoms with Gasteiger partial charge in [0.05, 0.1) is 23.3 Å². The highest BCUT2D eigenvalue weighted by atomic mass is 79.9. The number of thiazole rings is 1. The average Bonchev–Trinajstić information content (AvgIpc) is 3.05. The first-order chi connectivity index (χ1) is 10.2. The van der Waals surface area contributed by atoms with Crippen LogP contribution in [0, 0.1) is 0 Å². The highest BCUT2D eigenvalue weighted by Gasteiger charge is 2.23. The maximum Gasteiger partial charge on any atom is 0.133 e. The first kappa shape index (κ1) is 15.0. The van der Waals surface area contributed by atoms with Gasteiger partial charge in [0.1, 0.15) is 10.8 Å². The third-order valence-electron chi connectivity index (χ3n) is 3.78. The van der Waals surface area contributed by atoms with Gasteiger partial charge in [0.25, 0.3) is 0 Å². The van der Waals surface area contributed by atoms with Gasteiger partial charge in [-0.2, -0.15) is 0 Å². The molecule has 0 amide bonds. The molecule has 21 heavy (non-hydrogen) atoms. The quantitative estimate of drug-likeness (QED) is 0.864. The van der Waals surface area contributed by atoms with Gasteiger partial charge >= 0.3 is 0 Å². The molecular formula is C16H19BrN2OS. The summed E-state index contributed by atoms with van der Waals surface area (Å²) in [6.45, 7) is 3.05. The number of halogens is 1. The summed E-state index contributed by atoms with van der Waals surface area (Å²) in [5.74, 6) is 0.857. The summed E-state index contributed by atoms with van der Waals surface area (Å²) in [6, 6.07) is 6.40. The molecule has 0 bridgehead atoms. The smallest absolute Gasteiger partial charge is 0.133 e. The van der Waals surface area contributed by atoms with E-state index in [4.69, 9.17) is 9.72 Å². The minimum Gasteiger partial charge on any atom is -0.496 e. The molecule has 1 N–H and O–H groups in total. The number of nitrogens with one attached hydrogen (secondary N) is 1. The molecule has 1 aromatic carbocycles. The van der Waals surface area contributed by atoms with Gasteiger partial charge in [0.15, 0.2) is 0 Å². The van der Waals surface area contributed by atoms with Crippen molar-refractivity contribution in [2.45, 2.75) is 32.2 Å². The lowest BCUT2D eigenvalue weighted by atomic mass is 10.1. The van der Waals surface area contributed by atoms with Crippen LogP contribution in [0.25, 0.3) is 0 Å². The van der Waals surface area contributed by atoms with Gasteiger partial charge in [-0.1, -0.05) is 13.0 Å². The molecule has 3 rings (SSSR count). The Bertz CT molecular complexity index is 620. The Labute approximate surface area is 137 Å². The molecular weight excluding hydrogens is 348 g/mol. The Kier molecular flexibility index (Phi) is 4.62. The molecule has 1 atom stereocenters. The molecule has 2 aromatic rings. The number of methoxy groups -OCH3 is 1. The van der Waals surface area contributed by atoms with E-state index in [-0.39, 0.29) is 6.04 Å². The van der Waals surface area contributed by atoms with Crippen molar-refractivity contribution in [1.82, 2.24) is 10.3 Å². The van der Waals surface area contributed by atoms with E-state index >= 15 is 0 Å². The molecule has 1 aliphatic carbocycles. The number of ether oxygens (including phenoxy) is 1. The van der Waals surface area contributed by atoms with Gasteiger partial charge in [0.2, 0.25) is 0 Å². The molecule has 1 aliphatic rings. The first-order valence-electron chi connectivity index (χ1n) is 7.28. The summed E-state index contributed by atoms with van der Waals surface area (Å²) in [5.41, 5.74) is 2.53. The minimum absolute atomic E-state index is 0.160. The van der Waals surface area contributed by atoms with Gasteiger partial charge < -0.3 is 10.1 Å². The molecule has 112 valence electrons. The lowest BCUT2D eigenvalue weighted by molar-refractivity contribution is 0.411. The SMILES string of the molecule is CCNC(c1ccc(OC)c(Br)c1)c1nc2c(s1)CCC2. The van der Waals surface area contributed by atoms with Crippen LogP contribution in [0.5, 0.6) is 5.75 Å². The van der Waals surface area contributed by atoms with Crippen molar-refractivity contribution in [3.05, 3.63) is 43.8 Å². The Morgan fingerprint density at radius 1 is 1.43 bits per heavy atom. The van der Waals surface area contributed by atoms with E-state index in [1.54, 1.807) is 7.11 Å². The lowest BCUT2D eigenvalue weighted by Gasteiger charge is -2.17. The molecule has 0 spiro atoms. The number of benzene rings is 1. The van der Waals surface area contributed by atoms with Crippen LogP contribution in [-0.4, -0.2) is 18.6 Å². The molecule has 3 nitrogen and oxygen atoms in total. The molecule has 0 fully saturated rings. The van der Waals surface area contributed by atoms with E-state index in [0.717, 1.165) is 23.2 Å². The van der Waals surface area contributed by atoms with Crippen molar-refractivity contribution in [1.29, 1.82) is 0 Å². The van der Waals surface area contributed by atoms with Crippen LogP contribution in [0.1, 0.15) is 40.5 Å². The lowest BCUT2D eigenvalue weighted by Crippen LogP contribution is -2.22. The number of nitrogens with zero attached hydrogens (tertiary/aromatic N) is 1. The molecule has 1 unspecified atom stereocenters. The molecule has 0 saturated heterocycles. The predicted octanol–water partition coefficient (Wildman–Crippen LogP) is 4.10. The number of hydrogen-bond acceptors (Lipinski definition) is 4. The van der Waals surface area contributed by atoms with Crippen LogP contribution in [0.4, 0.5) is 0 Å². The van der Waals surface area contributed by atoms with Crippen LogP contribution >= 0.6 is 27.3 Å². The molecule has 5 heteroatoms. The summed E-state index contributed by atoms with van der Waals surface area (Å²) >= 11 is 5.43. The van der Waals surface area contributed by atoms with E-state index in [1.807, 2.05) is 17.4 Å². The molecule has 0 aliphatic heterocycles. The minimum atomic E-state index is 0.160. The monoisotopic (exact) mass is 366 g/mol. The van der Waals surface area contributed by atoms with E-state index in [9.17, 15) is 0 Å². The average molecular weight is 367 g/mol. The van der Waals surface area contributed by atoms with Gasteiger partial charge in [-0.3, -0.25) is 0 Å². The van der Waals surface area contributed by atoms with E-state index < -0.39 is 0 Å². The molecule has 0 saturated carbocycles. The number of aryl methyl sites for hydroxylation is 2. The standard InChI is InChI=1S/C16H19BrN2OS/c1-3-18-15(10-7-8-13(20-2)11(17)9-10)16-19-12-5-4-6-14(12)21-16/h7-9,15,18H,3-6H2,1-2H3. The first-order valence-corrected chi connectivity index (χ1v) is 8.89. The number of rotatable bonds is 5. The zero-order chi connectivity index (χ0) is 14.8. The van der Waals surface area contributed by atoms with E-state index in [1.165, 1.54) is 34.0 Å². The number of hydrogen-bond donors (Lipinski definition) is 1. The highest BCUT2D eigenvalue weighted by Crippen LogP contribution is 2.35. The van der Waals surface area contributed by atoms with Crippen molar-refractivity contribution in [2.24, 2.45) is 0 Å². The molecule has 1 aromatic heterocycles. The Morgan fingerprint density at radius 3 is 2.95 bits per heavy atom. The Hall–Kier alpha value is -0.910. The zero-order valence-electron chi connectivity index (χ0n) is 12.3. The maximum absolute atomic E-state index is 5.31. The van der Waals surface area contributed by atoms with Gasteiger partial charge in [-0.25, -0.2) is 4.98 Å². The Morgan fingerprint density at radius 2 is 2.29 bits per heavy atom. The van der Waals surface area contributed by atoms with E-state index in [2.05, 4.69) is 40.3 Å². The van der Waals surface area contributed by atoms with Crippen LogP contribution in [0.2, 0.25) is 0 Å². The maximum atomic E-state index is 5.31. The third-order valence-corrected chi connectivity index (χ3v) is 5.62. The molecule has 0 radical (unpaired) electrons. The highest BCUT2D eigenvalue weighted by molar-refractivity contribution is 9.10. The fraction of sp³-hybridized carbons (Fsp3) is 0.438. The summed E-state index contributed by atoms with van der Waals surface area (Å²) in [7, 11) is 1.69. The fourth-order valence-corrected chi connectivity index (χ4v) is 4.56. The second-order valence-corrected chi connectivity index (χ2v) is 7.13. The van der Waals surface area contributed by atoms with Crippen LogP contribution in [0.15, 0.2) is 22.7 Å². The number of aromatic nitrogens is 1. The van der Waals surface area contributed by atoms with Crippen molar-refractivity contribution in [3.8, 4) is 5.75 Å². The fourth-order valence-electron chi connectivity index (χ4n) is 2.75. The van der Waals surface area contributed by atoms with Gasteiger partial charge in [-0.05, 0) is 59.4 Å². The second kappa shape index (κ2) is 6.46. The van der Waals surface area contributed by atoms with Crippen molar-refractivity contribution >= 4 is 27.3 Å². The van der Waals surface area contributed by atoms with Crippen molar-refractivity contribution < 1.29 is 4.74 Å². The summed E-state index contributed by atoms with van der Waals surface area (Å²) < 4.78 is 6.30. The third kappa shape index (κ3) is 3.00. The predicted molar refractivity (Wildman–Crippen MR) is 90.4 cm³/mol. The topological polar surface area (TPSA) is 34.1 Å². The van der Waals surface area contributed by atoms with Crippen LogP contribution in [-0.2, 0) is 12.8 Å². The Balaban J connectivity index is 1.95. The zero-order valence-corrected chi connectivity index (χ0v) is 14.7. The van der Waals surface area contributed by atoms with Crippen molar-refractivity contribution in [2.75, 3.05) is 13.7 Å². The largest absolute Gasteiger partial charge is 0.496 e.